The van der Waals surface area contributed by atoms with Gasteiger partial charge in [0.25, 0.3) is 0 Å². The molecule has 0 bridgehead atoms. The van der Waals surface area contributed by atoms with E-state index in [0.29, 0.717) is 44.9 Å². The van der Waals surface area contributed by atoms with Gasteiger partial charge in [-0.25, -0.2) is 0 Å². The van der Waals surface area contributed by atoms with E-state index in [9.17, 15) is 29.7 Å². The summed E-state index contributed by atoms with van der Waals surface area (Å²) < 4.78 is 34.3. The largest absolute Gasteiger partial charge is 0.481 e. The van der Waals surface area contributed by atoms with E-state index in [0.717, 1.165) is 32.1 Å². The number of hydrogen-bond acceptors (Lipinski definition) is 10. The zero-order chi connectivity index (χ0) is 41.7. The summed E-state index contributed by atoms with van der Waals surface area (Å²) in [4.78, 5) is 39.8. The molecule has 12 heteroatoms. The molecule has 5 fully saturated rings. The summed E-state index contributed by atoms with van der Waals surface area (Å²) in [7, 11) is 0. The molecule has 0 aromatic heterocycles. The molecule has 17 atom stereocenters. The molecule has 6 aliphatic rings. The second-order valence-electron chi connectivity index (χ2n) is 19.5. The van der Waals surface area contributed by atoms with Gasteiger partial charge in [-0.3, -0.25) is 14.4 Å². The third-order valence-electron chi connectivity index (χ3n) is 15.6. The topological polar surface area (TPSA) is 170 Å². The van der Waals surface area contributed by atoms with Crippen molar-refractivity contribution >= 4 is 17.7 Å². The molecule has 2 spiro atoms. The number of carboxylic acids is 1. The number of nitrogens with one attached hydrogen (secondary N) is 1. The number of carbonyl (C=O) groups excluding carboxylic acids is 2. The van der Waals surface area contributed by atoms with Crippen LogP contribution in [0, 0.1) is 41.4 Å². The fourth-order valence-corrected chi connectivity index (χ4v) is 11.4. The molecule has 0 aromatic carbocycles. The quantitative estimate of drug-likeness (QED) is 0.160. The van der Waals surface area contributed by atoms with Gasteiger partial charge in [0.15, 0.2) is 11.6 Å². The molecule has 0 aromatic rings. The fraction of sp³-hybridized carbons (Fsp3) is 0.889. The lowest BCUT2D eigenvalue weighted by molar-refractivity contribution is -0.397. The van der Waals surface area contributed by atoms with E-state index >= 15 is 0 Å². The Balaban J connectivity index is 1.24. The minimum atomic E-state index is -1.25. The van der Waals surface area contributed by atoms with Crippen molar-refractivity contribution in [2.24, 2.45) is 41.4 Å². The number of amides is 1. The van der Waals surface area contributed by atoms with Gasteiger partial charge in [-0.05, 0) is 96.5 Å². The number of ether oxygens (including phenoxy) is 5. The maximum absolute atomic E-state index is 14.6. The molecule has 6 rings (SSSR count). The molecule has 5 aliphatic heterocycles. The van der Waals surface area contributed by atoms with E-state index in [2.05, 4.69) is 26.1 Å². The van der Waals surface area contributed by atoms with Crippen molar-refractivity contribution in [1.29, 1.82) is 0 Å². The first-order valence-electron chi connectivity index (χ1n) is 22.3. The number of carboxylic acid groups (broad SMARTS) is 1. The van der Waals surface area contributed by atoms with Crippen LogP contribution in [0.2, 0.25) is 0 Å². The van der Waals surface area contributed by atoms with Crippen molar-refractivity contribution in [3.63, 3.8) is 0 Å². The Hall–Kier alpha value is -1.93. The lowest BCUT2D eigenvalue weighted by atomic mass is 9.68. The first-order chi connectivity index (χ1) is 26.8. The Morgan fingerprint density at radius 3 is 2.26 bits per heavy atom. The van der Waals surface area contributed by atoms with Gasteiger partial charge in [-0.1, -0.05) is 60.5 Å². The lowest BCUT2D eigenvalue weighted by Crippen LogP contribution is -2.66. The van der Waals surface area contributed by atoms with E-state index in [4.69, 9.17) is 23.7 Å². The van der Waals surface area contributed by atoms with Crippen LogP contribution in [0.1, 0.15) is 146 Å². The molecule has 12 nitrogen and oxygen atoms in total. The van der Waals surface area contributed by atoms with Gasteiger partial charge < -0.3 is 44.3 Å². The van der Waals surface area contributed by atoms with Gasteiger partial charge in [0, 0.05) is 36.0 Å². The smallest absolute Gasteiger partial charge is 0.305 e. The van der Waals surface area contributed by atoms with E-state index in [-0.39, 0.29) is 54.0 Å². The highest BCUT2D eigenvalue weighted by Gasteiger charge is 2.63. The maximum atomic E-state index is 14.6. The molecule has 0 radical (unpaired) electrons. The van der Waals surface area contributed by atoms with Crippen LogP contribution in [0.3, 0.4) is 0 Å². The zero-order valence-electron chi connectivity index (χ0n) is 36.0. The van der Waals surface area contributed by atoms with Crippen molar-refractivity contribution in [3.8, 4) is 0 Å². The summed E-state index contributed by atoms with van der Waals surface area (Å²) in [6.07, 6.45) is 9.50. The molecule has 324 valence electrons. The Bertz CT molecular complexity index is 1480. The number of aliphatic hydroxyl groups is 2. The predicted molar refractivity (Wildman–Crippen MR) is 213 cm³/mol. The standard InChI is InChI=1S/C45H73NO11/c1-10-33(39(51)28(5)38(50)29(6)43(9)26(3)15-16-32(54-43)24-37(48)49)40-25(2)23-27(4)44(55-40)20-19-35(46-41(52)31-13-11-12-14-31)45(57-44)22-21-42(8,56-45)36-18-17-34(47)30(7)53-36/h19-20,25-36,38,40,47,50H,10-18,21-24H2,1-9H3,(H,46,52)(H,48,49)/t25-,26-,27+,28-,29-,30-,32+,33?,34+,35+,36+,38+,40-,42-,43+,44-,45-/m0/s1. The number of hydrogen-bond donors (Lipinski definition) is 4. The second kappa shape index (κ2) is 17.2. The highest BCUT2D eigenvalue weighted by Crippen LogP contribution is 2.54. The van der Waals surface area contributed by atoms with Crippen LogP contribution in [0.25, 0.3) is 0 Å². The third kappa shape index (κ3) is 8.67. The van der Waals surface area contributed by atoms with Crippen molar-refractivity contribution < 1.29 is 53.4 Å². The Labute approximate surface area is 340 Å². The first-order valence-corrected chi connectivity index (χ1v) is 22.3. The average molecular weight is 804 g/mol. The van der Waals surface area contributed by atoms with Crippen LogP contribution < -0.4 is 5.32 Å². The molecule has 1 amide bonds. The summed E-state index contributed by atoms with van der Waals surface area (Å²) in [5.74, 6) is -5.29. The second-order valence-corrected chi connectivity index (χ2v) is 19.5. The van der Waals surface area contributed by atoms with Crippen LogP contribution in [0.4, 0.5) is 0 Å². The van der Waals surface area contributed by atoms with E-state index in [1.807, 2.05) is 46.8 Å². The van der Waals surface area contributed by atoms with Gasteiger partial charge in [0.1, 0.15) is 11.8 Å². The van der Waals surface area contributed by atoms with Gasteiger partial charge in [0.05, 0.1) is 54.2 Å². The molecular formula is C45H73NO11. The van der Waals surface area contributed by atoms with E-state index in [1.54, 1.807) is 6.92 Å². The van der Waals surface area contributed by atoms with Crippen LogP contribution in [-0.2, 0) is 38.1 Å². The van der Waals surface area contributed by atoms with Gasteiger partial charge in [-0.2, -0.15) is 0 Å². The molecule has 1 unspecified atom stereocenters. The number of aliphatic hydroxyl groups excluding tert-OH is 2. The predicted octanol–water partition coefficient (Wildman–Crippen LogP) is 6.48. The molecule has 1 aliphatic carbocycles. The van der Waals surface area contributed by atoms with Crippen molar-refractivity contribution in [2.45, 2.75) is 211 Å². The average Bonchev–Trinajstić information content (AvgIpc) is 3.83. The normalized spacial score (nSPS) is 44.8. The molecule has 4 N–H and O–H groups in total. The summed E-state index contributed by atoms with van der Waals surface area (Å²) >= 11 is 0. The van der Waals surface area contributed by atoms with Crippen molar-refractivity contribution in [3.05, 3.63) is 12.2 Å². The highest BCUT2D eigenvalue weighted by molar-refractivity contribution is 5.84. The Morgan fingerprint density at radius 2 is 1.61 bits per heavy atom. The van der Waals surface area contributed by atoms with Crippen LogP contribution in [-0.4, -0.2) is 98.4 Å². The number of rotatable bonds is 12. The van der Waals surface area contributed by atoms with Gasteiger partial charge >= 0.3 is 5.97 Å². The lowest BCUT2D eigenvalue weighted by Gasteiger charge is -2.55. The molecule has 57 heavy (non-hydrogen) atoms. The maximum Gasteiger partial charge on any atom is 0.305 e. The van der Waals surface area contributed by atoms with Gasteiger partial charge in [0.2, 0.25) is 5.91 Å². The van der Waals surface area contributed by atoms with Crippen LogP contribution in [0.15, 0.2) is 12.2 Å². The van der Waals surface area contributed by atoms with Crippen molar-refractivity contribution in [2.75, 3.05) is 0 Å². The molecule has 5 heterocycles. The Morgan fingerprint density at radius 1 is 0.912 bits per heavy atom. The van der Waals surface area contributed by atoms with E-state index < -0.39 is 77.0 Å². The summed E-state index contributed by atoms with van der Waals surface area (Å²) in [6.45, 7) is 17.8. The number of ketones is 1. The molecule has 1 saturated carbocycles. The number of aliphatic carboxylic acids is 1. The third-order valence-corrected chi connectivity index (χ3v) is 15.6. The highest BCUT2D eigenvalue weighted by atomic mass is 16.8. The summed E-state index contributed by atoms with van der Waals surface area (Å²) in [6, 6.07) is -0.570. The SMILES string of the molecule is CCC(C(=O)[C@@H](C)[C@@H](O)[C@H](C)[C@]1(C)O[C@@H](CC(=O)O)CC[C@@H]1C)[C@H]1O[C@]2(C=C[C@@H](NC(=O)C3CCCC3)[C@]3(CC[C@@](C)([C@H]4CC[C@@H](O)[C@H](C)O4)O3)O2)[C@H](C)C[C@@H]1C. The van der Waals surface area contributed by atoms with Crippen LogP contribution in [0.5, 0.6) is 0 Å². The number of Topliss-reactive ketones (excluding diaryl/α,β-unsaturated/α-hetero) is 1. The molecule has 4 saturated heterocycles. The van der Waals surface area contributed by atoms with E-state index in [1.165, 1.54) is 0 Å². The van der Waals surface area contributed by atoms with Crippen molar-refractivity contribution in [1.82, 2.24) is 5.32 Å². The summed E-state index contributed by atoms with van der Waals surface area (Å²) in [5, 5.41) is 35.1. The molecular weight excluding hydrogens is 730 g/mol. The monoisotopic (exact) mass is 804 g/mol. The Kier molecular flexibility index (Phi) is 13.5. The zero-order valence-corrected chi connectivity index (χ0v) is 36.0. The van der Waals surface area contributed by atoms with Crippen LogP contribution >= 0.6 is 0 Å². The fourth-order valence-electron chi connectivity index (χ4n) is 11.4. The van der Waals surface area contributed by atoms with Gasteiger partial charge in [-0.15, -0.1) is 0 Å². The minimum Gasteiger partial charge on any atom is -0.481 e. The first kappa shape index (κ1) is 44.6. The number of carbonyl (C=O) groups is 3. The minimum absolute atomic E-state index is 0.00310. The summed E-state index contributed by atoms with van der Waals surface area (Å²) in [5.41, 5.74) is -1.55.